The molecule has 0 aliphatic rings. The van der Waals surface area contributed by atoms with E-state index in [1.807, 2.05) is 19.1 Å². The number of hydrogen-bond donors (Lipinski definition) is 2. The summed E-state index contributed by atoms with van der Waals surface area (Å²) in [6.07, 6.45) is 1.60. The summed E-state index contributed by atoms with van der Waals surface area (Å²) in [7, 11) is 0. The maximum atomic E-state index is 13.4. The molecule has 2 amide bonds. The summed E-state index contributed by atoms with van der Waals surface area (Å²) in [5.41, 5.74) is 2.08. The van der Waals surface area contributed by atoms with Crippen LogP contribution in [0.2, 0.25) is 10.0 Å². The molecule has 0 saturated heterocycles. The third kappa shape index (κ3) is 8.72. The quantitative estimate of drug-likeness (QED) is 0.104. The van der Waals surface area contributed by atoms with Gasteiger partial charge in [0.1, 0.15) is 11.4 Å². The number of anilines is 1. The summed E-state index contributed by atoms with van der Waals surface area (Å²) in [6, 6.07) is 27.7. The third-order valence-electron chi connectivity index (χ3n) is 5.72. The van der Waals surface area contributed by atoms with Crippen molar-refractivity contribution in [2.75, 3.05) is 17.7 Å². The molecule has 0 saturated carbocycles. The molecular weight excluding hydrogens is 579 g/mol. The summed E-state index contributed by atoms with van der Waals surface area (Å²) in [5, 5.41) is 6.33. The standard InChI is InChI=1S/C32H26Cl2N2O4S/c1-2-40-25-14-11-21(12-15-25)17-29(36-31(38)22-7-4-3-5-8-22)32(39)35-24-9-6-10-26(19-24)41-20-30(37)27-16-13-23(33)18-28(27)34/h3-19H,2,20H2,1H3,(H,35,39)(H,36,38)/b29-17-. The third-order valence-corrected chi connectivity index (χ3v) is 7.27. The summed E-state index contributed by atoms with van der Waals surface area (Å²) in [5.74, 6) is -0.212. The molecule has 9 heteroatoms. The van der Waals surface area contributed by atoms with Gasteiger partial charge in [-0.05, 0) is 79.2 Å². The van der Waals surface area contributed by atoms with E-state index in [4.69, 9.17) is 27.9 Å². The van der Waals surface area contributed by atoms with Crippen LogP contribution in [0.15, 0.2) is 108 Å². The first-order chi connectivity index (χ1) is 19.8. The van der Waals surface area contributed by atoms with Gasteiger partial charge in [-0.2, -0.15) is 0 Å². The van der Waals surface area contributed by atoms with Gasteiger partial charge in [-0.3, -0.25) is 14.4 Å². The van der Waals surface area contributed by atoms with Crippen LogP contribution in [0, 0.1) is 0 Å². The zero-order valence-corrected chi connectivity index (χ0v) is 24.4. The SMILES string of the molecule is CCOc1ccc(/C=C(\NC(=O)c2ccccc2)C(=O)Nc2cccc(SCC(=O)c3ccc(Cl)cc3Cl)c2)cc1. The van der Waals surface area contributed by atoms with Gasteiger partial charge in [-0.25, -0.2) is 0 Å². The minimum Gasteiger partial charge on any atom is -0.494 e. The maximum absolute atomic E-state index is 13.4. The number of halogens is 2. The molecule has 0 aromatic heterocycles. The highest BCUT2D eigenvalue weighted by Crippen LogP contribution is 2.26. The van der Waals surface area contributed by atoms with Crippen LogP contribution < -0.4 is 15.4 Å². The number of amides is 2. The number of Topliss-reactive ketones (excluding diaryl/α,β-unsaturated/α-hetero) is 1. The van der Waals surface area contributed by atoms with Gasteiger partial charge in [0, 0.05) is 26.7 Å². The lowest BCUT2D eigenvalue weighted by atomic mass is 10.1. The minimum absolute atomic E-state index is 0.0635. The maximum Gasteiger partial charge on any atom is 0.272 e. The molecule has 0 unspecified atom stereocenters. The van der Waals surface area contributed by atoms with Gasteiger partial charge in [-0.1, -0.05) is 59.6 Å². The summed E-state index contributed by atoms with van der Waals surface area (Å²) < 4.78 is 5.49. The van der Waals surface area contributed by atoms with E-state index in [0.717, 1.165) is 4.90 Å². The van der Waals surface area contributed by atoms with E-state index in [1.54, 1.807) is 84.9 Å². The summed E-state index contributed by atoms with van der Waals surface area (Å²) in [4.78, 5) is 39.7. The normalized spacial score (nSPS) is 11.0. The molecule has 208 valence electrons. The molecule has 0 radical (unpaired) electrons. The van der Waals surface area contributed by atoms with E-state index < -0.39 is 11.8 Å². The van der Waals surface area contributed by atoms with Crippen molar-refractivity contribution < 1.29 is 19.1 Å². The van der Waals surface area contributed by atoms with Gasteiger partial charge in [0.05, 0.1) is 17.4 Å². The second kappa shape index (κ2) is 14.6. The van der Waals surface area contributed by atoms with Crippen molar-refractivity contribution in [3.63, 3.8) is 0 Å². The number of ketones is 1. The first-order valence-corrected chi connectivity index (χ1v) is 14.4. The number of benzene rings is 4. The van der Waals surface area contributed by atoms with E-state index in [0.29, 0.717) is 44.8 Å². The van der Waals surface area contributed by atoms with Crippen molar-refractivity contribution in [2.24, 2.45) is 0 Å². The number of ether oxygens (including phenoxy) is 1. The van der Waals surface area contributed by atoms with Crippen molar-refractivity contribution in [2.45, 2.75) is 11.8 Å². The monoisotopic (exact) mass is 604 g/mol. The van der Waals surface area contributed by atoms with Crippen LogP contribution in [0.25, 0.3) is 6.08 Å². The first kappa shape index (κ1) is 29.9. The zero-order valence-electron chi connectivity index (χ0n) is 22.0. The lowest BCUT2D eigenvalue weighted by Gasteiger charge is -2.12. The Kier molecular flexibility index (Phi) is 10.6. The van der Waals surface area contributed by atoms with Gasteiger partial charge in [-0.15, -0.1) is 11.8 Å². The fraction of sp³-hybridized carbons (Fsp3) is 0.0938. The molecule has 41 heavy (non-hydrogen) atoms. The van der Waals surface area contributed by atoms with Crippen molar-refractivity contribution in [1.82, 2.24) is 5.32 Å². The predicted octanol–water partition coefficient (Wildman–Crippen LogP) is 7.78. The summed E-state index contributed by atoms with van der Waals surface area (Å²) >= 11 is 13.4. The van der Waals surface area contributed by atoms with Crippen LogP contribution in [0.3, 0.4) is 0 Å². The van der Waals surface area contributed by atoms with Gasteiger partial charge < -0.3 is 15.4 Å². The largest absolute Gasteiger partial charge is 0.494 e. The lowest BCUT2D eigenvalue weighted by Crippen LogP contribution is -2.30. The molecular formula is C32H26Cl2N2O4S. The molecule has 6 nitrogen and oxygen atoms in total. The molecule has 4 aromatic carbocycles. The number of carbonyl (C=O) groups is 3. The van der Waals surface area contributed by atoms with Crippen molar-refractivity contribution in [3.05, 3.63) is 129 Å². The van der Waals surface area contributed by atoms with Crippen LogP contribution in [-0.4, -0.2) is 30.0 Å². The van der Waals surface area contributed by atoms with Gasteiger partial charge in [0.25, 0.3) is 11.8 Å². The number of hydrogen-bond acceptors (Lipinski definition) is 5. The second-order valence-electron chi connectivity index (χ2n) is 8.70. The van der Waals surface area contributed by atoms with Crippen LogP contribution >= 0.6 is 35.0 Å². The zero-order chi connectivity index (χ0) is 29.2. The Bertz CT molecular complexity index is 1570. The highest BCUT2D eigenvalue weighted by Gasteiger charge is 2.16. The van der Waals surface area contributed by atoms with Crippen molar-refractivity contribution in [1.29, 1.82) is 0 Å². The van der Waals surface area contributed by atoms with Gasteiger partial charge >= 0.3 is 0 Å². The highest BCUT2D eigenvalue weighted by molar-refractivity contribution is 8.00. The highest BCUT2D eigenvalue weighted by atomic mass is 35.5. The Morgan fingerprint density at radius 3 is 2.34 bits per heavy atom. The predicted molar refractivity (Wildman–Crippen MR) is 166 cm³/mol. The van der Waals surface area contributed by atoms with Crippen molar-refractivity contribution in [3.8, 4) is 5.75 Å². The molecule has 4 rings (SSSR count). The van der Waals surface area contributed by atoms with Crippen molar-refractivity contribution >= 4 is 64.3 Å². The molecule has 0 spiro atoms. The fourth-order valence-corrected chi connectivity index (χ4v) is 5.09. The van der Waals surface area contributed by atoms with Crippen LogP contribution in [0.4, 0.5) is 5.69 Å². The molecule has 0 aliphatic heterocycles. The Balaban J connectivity index is 1.49. The first-order valence-electron chi connectivity index (χ1n) is 12.7. The second-order valence-corrected chi connectivity index (χ2v) is 10.6. The molecule has 0 fully saturated rings. The molecule has 0 atom stereocenters. The van der Waals surface area contributed by atoms with Gasteiger partial charge in [0.2, 0.25) is 0 Å². The van der Waals surface area contributed by atoms with Crippen LogP contribution in [0.5, 0.6) is 5.75 Å². The van der Waals surface area contributed by atoms with E-state index in [2.05, 4.69) is 10.6 Å². The Morgan fingerprint density at radius 2 is 1.63 bits per heavy atom. The lowest BCUT2D eigenvalue weighted by molar-refractivity contribution is -0.113. The van der Waals surface area contributed by atoms with E-state index in [9.17, 15) is 14.4 Å². The van der Waals surface area contributed by atoms with Crippen LogP contribution in [-0.2, 0) is 4.79 Å². The van der Waals surface area contributed by atoms with Gasteiger partial charge in [0.15, 0.2) is 5.78 Å². The van der Waals surface area contributed by atoms with E-state index in [-0.39, 0.29) is 17.2 Å². The topological polar surface area (TPSA) is 84.5 Å². The molecule has 2 N–H and O–H groups in total. The molecule has 0 aliphatic carbocycles. The fourth-order valence-electron chi connectivity index (χ4n) is 3.74. The molecule has 4 aromatic rings. The van der Waals surface area contributed by atoms with E-state index >= 15 is 0 Å². The van der Waals surface area contributed by atoms with E-state index in [1.165, 1.54) is 17.8 Å². The number of rotatable bonds is 11. The minimum atomic E-state index is -0.505. The van der Waals surface area contributed by atoms with Crippen LogP contribution in [0.1, 0.15) is 33.2 Å². The molecule has 0 heterocycles. The summed E-state index contributed by atoms with van der Waals surface area (Å²) in [6.45, 7) is 2.44. The molecule has 0 bridgehead atoms. The Hall–Kier alpha value is -4.04. The smallest absolute Gasteiger partial charge is 0.272 e. The average molecular weight is 606 g/mol. The Morgan fingerprint density at radius 1 is 0.878 bits per heavy atom. The number of thioether (sulfide) groups is 1. The number of carbonyl (C=O) groups excluding carboxylic acids is 3. The average Bonchev–Trinajstić information content (AvgIpc) is 2.97. The Labute approximate surface area is 252 Å². The number of nitrogens with one attached hydrogen (secondary N) is 2.